The summed E-state index contributed by atoms with van der Waals surface area (Å²) in [5, 5.41) is 5.88. The Morgan fingerprint density at radius 1 is 1.56 bits per heavy atom. The summed E-state index contributed by atoms with van der Waals surface area (Å²) in [5.41, 5.74) is 5.28. The summed E-state index contributed by atoms with van der Waals surface area (Å²) in [4.78, 5) is 24.6. The van der Waals surface area contributed by atoms with E-state index in [-0.39, 0.29) is 30.4 Å². The zero-order valence-electron chi connectivity index (χ0n) is 9.82. The normalized spacial score (nSPS) is 22.1. The zero-order chi connectivity index (χ0) is 12.1. The van der Waals surface area contributed by atoms with Crippen LogP contribution < -0.4 is 16.4 Å². The van der Waals surface area contributed by atoms with E-state index in [9.17, 15) is 9.59 Å². The Morgan fingerprint density at radius 2 is 2.25 bits per heavy atom. The molecule has 16 heavy (non-hydrogen) atoms. The lowest BCUT2D eigenvalue weighted by molar-refractivity contribution is -0.127. The smallest absolute Gasteiger partial charge is 0.236 e. The Morgan fingerprint density at radius 3 is 2.81 bits per heavy atom. The molecule has 1 fully saturated rings. The lowest BCUT2D eigenvalue weighted by Crippen LogP contribution is -2.59. The molecule has 6 heteroatoms. The van der Waals surface area contributed by atoms with Gasteiger partial charge in [-0.2, -0.15) is 0 Å². The number of carbonyl (C=O) groups is 2. The molecule has 0 aromatic heterocycles. The van der Waals surface area contributed by atoms with Crippen LogP contribution in [-0.4, -0.2) is 55.0 Å². The van der Waals surface area contributed by atoms with E-state index in [4.69, 9.17) is 5.73 Å². The van der Waals surface area contributed by atoms with E-state index in [0.29, 0.717) is 13.1 Å². The van der Waals surface area contributed by atoms with Crippen LogP contribution in [-0.2, 0) is 9.59 Å². The van der Waals surface area contributed by atoms with Crippen molar-refractivity contribution in [1.82, 2.24) is 15.5 Å². The van der Waals surface area contributed by atoms with Gasteiger partial charge in [0.2, 0.25) is 11.8 Å². The summed E-state index contributed by atoms with van der Waals surface area (Å²) in [5.74, 6) is -0.451. The topological polar surface area (TPSA) is 87.5 Å². The molecule has 0 aliphatic carbocycles. The van der Waals surface area contributed by atoms with E-state index in [0.717, 1.165) is 6.54 Å². The van der Waals surface area contributed by atoms with Gasteiger partial charge in [0.05, 0.1) is 6.54 Å². The van der Waals surface area contributed by atoms with Gasteiger partial charge in [-0.15, -0.1) is 0 Å². The van der Waals surface area contributed by atoms with Crippen molar-refractivity contribution in [3.05, 3.63) is 0 Å². The number of nitrogens with zero attached hydrogens (tertiary/aromatic N) is 1. The van der Waals surface area contributed by atoms with Gasteiger partial charge in [-0.3, -0.25) is 14.5 Å². The number of rotatable bonds is 4. The van der Waals surface area contributed by atoms with E-state index >= 15 is 0 Å². The molecule has 0 spiro atoms. The van der Waals surface area contributed by atoms with Crippen LogP contribution in [0.15, 0.2) is 0 Å². The minimum absolute atomic E-state index is 0.0665. The molecule has 1 aliphatic rings. The van der Waals surface area contributed by atoms with Gasteiger partial charge in [-0.25, -0.2) is 0 Å². The van der Waals surface area contributed by atoms with Gasteiger partial charge < -0.3 is 16.4 Å². The third-order valence-electron chi connectivity index (χ3n) is 2.48. The van der Waals surface area contributed by atoms with Crippen LogP contribution in [0.1, 0.15) is 13.8 Å². The molecule has 6 nitrogen and oxygen atoms in total. The second-order valence-electron chi connectivity index (χ2n) is 4.31. The summed E-state index contributed by atoms with van der Waals surface area (Å²) >= 11 is 0. The van der Waals surface area contributed by atoms with Gasteiger partial charge in [0.15, 0.2) is 0 Å². The standard InChI is InChI=1S/C10H20N4O2/c1-7(2)13-9(15)6-14-4-3-12-5-8(14)10(11)16/h7-8,12H,3-6H2,1-2H3,(H2,11,16)(H,13,15). The van der Waals surface area contributed by atoms with Crippen molar-refractivity contribution < 1.29 is 9.59 Å². The quantitative estimate of drug-likeness (QED) is 0.533. The highest BCUT2D eigenvalue weighted by molar-refractivity contribution is 5.82. The van der Waals surface area contributed by atoms with Crippen LogP contribution in [0.3, 0.4) is 0 Å². The largest absolute Gasteiger partial charge is 0.368 e. The predicted octanol–water partition coefficient (Wildman–Crippen LogP) is -1.73. The lowest BCUT2D eigenvalue weighted by Gasteiger charge is -2.33. The molecule has 1 saturated heterocycles. The maximum atomic E-state index is 11.6. The first kappa shape index (κ1) is 12.9. The monoisotopic (exact) mass is 228 g/mol. The number of primary amides is 1. The maximum absolute atomic E-state index is 11.6. The molecular formula is C10H20N4O2. The van der Waals surface area contributed by atoms with Gasteiger partial charge in [0, 0.05) is 25.7 Å². The molecule has 1 aliphatic heterocycles. The molecule has 2 amide bonds. The van der Waals surface area contributed by atoms with Crippen LogP contribution >= 0.6 is 0 Å². The van der Waals surface area contributed by atoms with Crippen LogP contribution in [0.5, 0.6) is 0 Å². The van der Waals surface area contributed by atoms with Crippen LogP contribution in [0.25, 0.3) is 0 Å². The molecule has 0 bridgehead atoms. The zero-order valence-corrected chi connectivity index (χ0v) is 9.82. The second-order valence-corrected chi connectivity index (χ2v) is 4.31. The fourth-order valence-corrected chi connectivity index (χ4v) is 1.77. The Kier molecular flexibility index (Phi) is 4.70. The molecule has 0 saturated carbocycles. The van der Waals surface area contributed by atoms with Gasteiger partial charge in [0.25, 0.3) is 0 Å². The molecule has 0 radical (unpaired) electrons. The highest BCUT2D eigenvalue weighted by atomic mass is 16.2. The van der Waals surface area contributed by atoms with Crippen molar-refractivity contribution >= 4 is 11.8 Å². The molecular weight excluding hydrogens is 208 g/mol. The van der Waals surface area contributed by atoms with Crippen molar-refractivity contribution in [3.8, 4) is 0 Å². The first-order valence-electron chi connectivity index (χ1n) is 5.54. The first-order chi connectivity index (χ1) is 7.50. The molecule has 0 aromatic carbocycles. The van der Waals surface area contributed by atoms with Gasteiger partial charge >= 0.3 is 0 Å². The fourth-order valence-electron chi connectivity index (χ4n) is 1.77. The summed E-state index contributed by atoms with van der Waals surface area (Å²) in [6, 6.07) is -0.269. The molecule has 92 valence electrons. The summed E-state index contributed by atoms with van der Waals surface area (Å²) < 4.78 is 0. The Bertz CT molecular complexity index is 268. The van der Waals surface area contributed by atoms with Gasteiger partial charge in [0.1, 0.15) is 6.04 Å². The Hall–Kier alpha value is -1.14. The Labute approximate surface area is 95.5 Å². The SMILES string of the molecule is CC(C)NC(=O)CN1CCNCC1C(N)=O. The number of nitrogens with two attached hydrogens (primary N) is 1. The van der Waals surface area contributed by atoms with E-state index < -0.39 is 0 Å². The number of piperazine rings is 1. The second kappa shape index (κ2) is 5.81. The highest BCUT2D eigenvalue weighted by Gasteiger charge is 2.28. The average molecular weight is 228 g/mol. The molecule has 1 unspecified atom stereocenters. The molecule has 1 rings (SSSR count). The van der Waals surface area contributed by atoms with E-state index in [1.54, 1.807) is 0 Å². The van der Waals surface area contributed by atoms with E-state index in [2.05, 4.69) is 10.6 Å². The first-order valence-corrected chi connectivity index (χ1v) is 5.54. The third kappa shape index (κ3) is 3.79. The van der Waals surface area contributed by atoms with Crippen molar-refractivity contribution in [3.63, 3.8) is 0 Å². The third-order valence-corrected chi connectivity index (χ3v) is 2.48. The number of amides is 2. The van der Waals surface area contributed by atoms with Crippen molar-refractivity contribution in [2.24, 2.45) is 5.73 Å². The number of hydrogen-bond donors (Lipinski definition) is 3. The lowest BCUT2D eigenvalue weighted by atomic mass is 10.2. The van der Waals surface area contributed by atoms with Crippen LogP contribution in [0.2, 0.25) is 0 Å². The Balaban J connectivity index is 2.49. The predicted molar refractivity (Wildman–Crippen MR) is 60.7 cm³/mol. The average Bonchev–Trinajstić information content (AvgIpc) is 2.16. The number of nitrogens with one attached hydrogen (secondary N) is 2. The van der Waals surface area contributed by atoms with E-state index in [1.165, 1.54) is 0 Å². The minimum atomic E-state index is -0.385. The highest BCUT2D eigenvalue weighted by Crippen LogP contribution is 2.02. The molecule has 1 heterocycles. The summed E-state index contributed by atoms with van der Waals surface area (Å²) in [6.07, 6.45) is 0. The van der Waals surface area contributed by atoms with Crippen LogP contribution in [0.4, 0.5) is 0 Å². The molecule has 4 N–H and O–H groups in total. The minimum Gasteiger partial charge on any atom is -0.368 e. The number of hydrogen-bond acceptors (Lipinski definition) is 4. The van der Waals surface area contributed by atoms with Gasteiger partial charge in [-0.1, -0.05) is 0 Å². The van der Waals surface area contributed by atoms with Crippen molar-refractivity contribution in [1.29, 1.82) is 0 Å². The van der Waals surface area contributed by atoms with Crippen molar-refractivity contribution in [2.75, 3.05) is 26.2 Å². The van der Waals surface area contributed by atoms with E-state index in [1.807, 2.05) is 18.7 Å². The fraction of sp³-hybridized carbons (Fsp3) is 0.800. The van der Waals surface area contributed by atoms with Gasteiger partial charge in [-0.05, 0) is 13.8 Å². The summed E-state index contributed by atoms with van der Waals surface area (Å²) in [6.45, 7) is 6.00. The van der Waals surface area contributed by atoms with Crippen LogP contribution in [0, 0.1) is 0 Å². The maximum Gasteiger partial charge on any atom is 0.236 e. The van der Waals surface area contributed by atoms with Crippen molar-refractivity contribution in [2.45, 2.75) is 25.9 Å². The molecule has 0 aromatic rings. The molecule has 1 atom stereocenters. The summed E-state index contributed by atoms with van der Waals surface area (Å²) in [7, 11) is 0. The number of carbonyl (C=O) groups excluding carboxylic acids is 2.